The van der Waals surface area contributed by atoms with Crippen molar-refractivity contribution in [1.29, 1.82) is 0 Å². The van der Waals surface area contributed by atoms with E-state index in [4.69, 9.17) is 4.42 Å². The van der Waals surface area contributed by atoms with Crippen molar-refractivity contribution in [2.45, 2.75) is 6.92 Å². The number of phenolic OH excluding ortho intramolecular Hbond substituents is 1. The second kappa shape index (κ2) is 6.75. The number of phenols is 1. The predicted octanol–water partition coefficient (Wildman–Crippen LogP) is 4.88. The highest BCUT2D eigenvalue weighted by Crippen LogP contribution is 2.19. The summed E-state index contributed by atoms with van der Waals surface area (Å²) in [5.41, 5.74) is 3.28. The maximum atomic E-state index is 9.75. The smallest absolute Gasteiger partial charge is 0.218 e. The van der Waals surface area contributed by atoms with E-state index in [1.807, 2.05) is 49.4 Å². The van der Waals surface area contributed by atoms with Gasteiger partial charge in [0.2, 0.25) is 5.88 Å². The molecule has 0 amide bonds. The number of aliphatic imine (C=N–C) groups is 2. The van der Waals surface area contributed by atoms with Crippen LogP contribution in [0.4, 0.5) is 11.6 Å². The highest BCUT2D eigenvalue weighted by Gasteiger charge is 2.01. The summed E-state index contributed by atoms with van der Waals surface area (Å²) >= 11 is 0. The fourth-order valence-corrected chi connectivity index (χ4v) is 2.12. The Balaban J connectivity index is 1.84. The molecule has 0 atom stereocenters. The van der Waals surface area contributed by atoms with Crippen LogP contribution < -0.4 is 0 Å². The minimum Gasteiger partial charge on any atom is -0.507 e. The molecule has 1 aromatic heterocycles. The summed E-state index contributed by atoms with van der Waals surface area (Å²) in [4.78, 5) is 8.83. The van der Waals surface area contributed by atoms with Gasteiger partial charge in [0.15, 0.2) is 0 Å². The molecular formula is C19H16N2O2. The molecule has 0 saturated heterocycles. The maximum absolute atomic E-state index is 9.75. The zero-order valence-electron chi connectivity index (χ0n) is 12.7. The van der Waals surface area contributed by atoms with Crippen LogP contribution in [0.15, 0.2) is 81.3 Å². The number of para-hydroxylation sites is 1. The van der Waals surface area contributed by atoms with Gasteiger partial charge < -0.3 is 9.52 Å². The molecule has 0 spiro atoms. The first-order valence-electron chi connectivity index (χ1n) is 7.24. The summed E-state index contributed by atoms with van der Waals surface area (Å²) in [6.45, 7) is 1.92. The number of benzene rings is 2. The van der Waals surface area contributed by atoms with Gasteiger partial charge in [0, 0.05) is 23.6 Å². The highest BCUT2D eigenvalue weighted by molar-refractivity contribution is 6.00. The van der Waals surface area contributed by atoms with Crippen molar-refractivity contribution in [1.82, 2.24) is 0 Å². The van der Waals surface area contributed by atoms with E-state index in [9.17, 15) is 5.11 Å². The van der Waals surface area contributed by atoms with Crippen LogP contribution in [0.5, 0.6) is 5.75 Å². The Morgan fingerprint density at radius 1 is 1.04 bits per heavy atom. The largest absolute Gasteiger partial charge is 0.507 e. The lowest BCUT2D eigenvalue weighted by molar-refractivity contribution is 0.474. The Labute approximate surface area is 134 Å². The van der Waals surface area contributed by atoms with Gasteiger partial charge in [0.25, 0.3) is 0 Å². The number of furan rings is 1. The summed E-state index contributed by atoms with van der Waals surface area (Å²) in [5.74, 6) is 0.786. The molecule has 0 saturated carbocycles. The Morgan fingerprint density at radius 2 is 1.91 bits per heavy atom. The van der Waals surface area contributed by atoms with Crippen LogP contribution in [0.2, 0.25) is 0 Å². The van der Waals surface area contributed by atoms with Crippen LogP contribution in [-0.4, -0.2) is 17.0 Å². The summed E-state index contributed by atoms with van der Waals surface area (Å²) in [6.07, 6.45) is 3.24. The maximum Gasteiger partial charge on any atom is 0.218 e. The molecule has 3 rings (SSSR count). The van der Waals surface area contributed by atoms with Crippen LogP contribution in [0.25, 0.3) is 0 Å². The Morgan fingerprint density at radius 3 is 2.70 bits per heavy atom. The Kier molecular flexibility index (Phi) is 4.34. The first-order chi connectivity index (χ1) is 11.2. The van der Waals surface area contributed by atoms with E-state index in [1.165, 1.54) is 0 Å². The molecule has 2 aromatic carbocycles. The minimum absolute atomic E-state index is 0.211. The lowest BCUT2D eigenvalue weighted by Gasteiger charge is -2.02. The third kappa shape index (κ3) is 3.74. The fraction of sp³-hybridized carbons (Fsp3) is 0.0526. The average molecular weight is 304 g/mol. The molecule has 0 unspecified atom stereocenters. The molecule has 4 heteroatoms. The molecular weight excluding hydrogens is 288 g/mol. The normalized spacial score (nSPS) is 12.0. The van der Waals surface area contributed by atoms with Crippen LogP contribution >= 0.6 is 0 Å². The molecule has 3 aromatic rings. The first-order valence-corrected chi connectivity index (χ1v) is 7.24. The van der Waals surface area contributed by atoms with Crippen molar-refractivity contribution < 1.29 is 9.52 Å². The van der Waals surface area contributed by atoms with E-state index in [-0.39, 0.29) is 5.75 Å². The number of aromatic hydroxyl groups is 1. The highest BCUT2D eigenvalue weighted by atomic mass is 16.3. The summed E-state index contributed by atoms with van der Waals surface area (Å²) in [7, 11) is 0. The molecule has 0 fully saturated rings. The van der Waals surface area contributed by atoms with Gasteiger partial charge in [-0.15, -0.1) is 0 Å². The molecule has 23 heavy (non-hydrogen) atoms. The number of hydrogen-bond donors (Lipinski definition) is 1. The lowest BCUT2D eigenvalue weighted by atomic mass is 10.1. The Hall–Kier alpha value is -3.14. The van der Waals surface area contributed by atoms with E-state index < -0.39 is 0 Å². The van der Waals surface area contributed by atoms with Gasteiger partial charge in [-0.3, -0.25) is 4.99 Å². The van der Waals surface area contributed by atoms with Crippen LogP contribution in [-0.2, 0) is 0 Å². The molecule has 1 N–H and O–H groups in total. The van der Waals surface area contributed by atoms with E-state index in [2.05, 4.69) is 9.98 Å². The van der Waals surface area contributed by atoms with Gasteiger partial charge in [-0.2, -0.15) is 0 Å². The molecule has 4 nitrogen and oxygen atoms in total. The molecule has 1 heterocycles. The molecule has 0 aliphatic carbocycles. The summed E-state index contributed by atoms with van der Waals surface area (Å²) in [6, 6.07) is 18.4. The third-order valence-electron chi connectivity index (χ3n) is 3.34. The zero-order chi connectivity index (χ0) is 16.1. The predicted molar refractivity (Wildman–Crippen MR) is 92.4 cm³/mol. The van der Waals surface area contributed by atoms with Gasteiger partial charge >= 0.3 is 0 Å². The van der Waals surface area contributed by atoms with Gasteiger partial charge in [0.1, 0.15) is 5.75 Å². The fourth-order valence-electron chi connectivity index (χ4n) is 2.12. The van der Waals surface area contributed by atoms with Crippen LogP contribution in [0.3, 0.4) is 0 Å². The van der Waals surface area contributed by atoms with Crippen LogP contribution in [0.1, 0.15) is 18.1 Å². The number of nitrogens with zero attached hydrogens (tertiary/aromatic N) is 2. The van der Waals surface area contributed by atoms with E-state index in [0.29, 0.717) is 11.4 Å². The van der Waals surface area contributed by atoms with Gasteiger partial charge in [-0.25, -0.2) is 4.99 Å². The second-order valence-corrected chi connectivity index (χ2v) is 5.02. The van der Waals surface area contributed by atoms with Crippen molar-refractivity contribution in [2.24, 2.45) is 9.98 Å². The SMILES string of the molecule is C/C(=N/c1ccco1)c1cccc(N=Cc2ccccc2O)c1. The molecule has 0 bridgehead atoms. The molecule has 0 radical (unpaired) electrons. The average Bonchev–Trinajstić information content (AvgIpc) is 3.07. The van der Waals surface area contributed by atoms with E-state index in [1.54, 1.807) is 30.7 Å². The zero-order valence-corrected chi connectivity index (χ0v) is 12.7. The van der Waals surface area contributed by atoms with Crippen molar-refractivity contribution in [3.8, 4) is 5.75 Å². The molecule has 114 valence electrons. The quantitative estimate of drug-likeness (QED) is 0.699. The third-order valence-corrected chi connectivity index (χ3v) is 3.34. The summed E-state index contributed by atoms with van der Waals surface area (Å²) in [5, 5.41) is 9.75. The van der Waals surface area contributed by atoms with Crippen molar-refractivity contribution in [3.63, 3.8) is 0 Å². The second-order valence-electron chi connectivity index (χ2n) is 5.02. The molecule has 0 aliphatic heterocycles. The minimum atomic E-state index is 0.211. The van der Waals surface area contributed by atoms with Crippen molar-refractivity contribution in [2.75, 3.05) is 0 Å². The van der Waals surface area contributed by atoms with Gasteiger partial charge in [-0.1, -0.05) is 24.3 Å². The number of hydrogen-bond acceptors (Lipinski definition) is 4. The van der Waals surface area contributed by atoms with Crippen molar-refractivity contribution in [3.05, 3.63) is 78.1 Å². The molecule has 0 aliphatic rings. The summed E-state index contributed by atoms with van der Waals surface area (Å²) < 4.78 is 5.23. The van der Waals surface area contributed by atoms with E-state index >= 15 is 0 Å². The van der Waals surface area contributed by atoms with Gasteiger partial charge in [-0.05, 0) is 42.8 Å². The Bertz CT molecular complexity index is 849. The first kappa shape index (κ1) is 14.8. The monoisotopic (exact) mass is 304 g/mol. The topological polar surface area (TPSA) is 58.1 Å². The van der Waals surface area contributed by atoms with Crippen molar-refractivity contribution >= 4 is 23.5 Å². The van der Waals surface area contributed by atoms with Crippen LogP contribution in [0, 0.1) is 0 Å². The van der Waals surface area contributed by atoms with Gasteiger partial charge in [0.05, 0.1) is 12.0 Å². The van der Waals surface area contributed by atoms with E-state index in [0.717, 1.165) is 17.0 Å². The standard InChI is InChI=1S/C19H16N2O2/c1-14(21-19-10-5-11-23-19)15-7-4-8-17(12-15)20-13-16-6-2-3-9-18(16)22/h2-13,22H,1H3/b20-13?,21-14-. The lowest BCUT2D eigenvalue weighted by Crippen LogP contribution is -1.92. The number of rotatable bonds is 4.